The van der Waals surface area contributed by atoms with Gasteiger partial charge >= 0.3 is 0 Å². The molecule has 0 amide bonds. The smallest absolute Gasteiger partial charge is 0.190 e. The van der Waals surface area contributed by atoms with E-state index in [-0.39, 0.29) is 6.17 Å². The van der Waals surface area contributed by atoms with Gasteiger partial charge < -0.3 is 9.80 Å². The van der Waals surface area contributed by atoms with Gasteiger partial charge in [-0.2, -0.15) is 5.26 Å². The molecule has 23 heavy (non-hydrogen) atoms. The second-order valence-electron chi connectivity index (χ2n) is 5.94. The first-order valence-corrected chi connectivity index (χ1v) is 7.53. The predicted molar refractivity (Wildman–Crippen MR) is 93.3 cm³/mol. The molecule has 0 spiro atoms. The Hall–Kier alpha value is -2.98. The Balaban J connectivity index is 2.32. The predicted octanol–water partition coefficient (Wildman–Crippen LogP) is 4.66. The van der Waals surface area contributed by atoms with Crippen LogP contribution in [-0.4, -0.2) is 13.2 Å². The molecule has 2 aromatic rings. The fourth-order valence-corrected chi connectivity index (χ4v) is 3.36. The molecule has 0 aliphatic carbocycles. The number of nitrogens with zero attached hydrogens (tertiary/aromatic N) is 4. The van der Waals surface area contributed by atoms with E-state index in [0.717, 1.165) is 17.1 Å². The zero-order chi connectivity index (χ0) is 16.7. The maximum atomic E-state index is 9.49. The standard InChI is InChI=1S/C19H18N4/c1-12-7-6-8-13(2)18(12)23-14(3)22(5)19-15(11-20)9-16(21-4)10-17(19)23/h6-10,14H,1-3,5H3/t14-/m0/s1. The SMILES string of the molecule is [C-]#[N+]c1cc(C#N)c2c(c1)N(c1c(C)cccc1C)[C@@H](C)N2C. The molecule has 1 atom stereocenters. The van der Waals surface area contributed by atoms with Crippen LogP contribution in [0.15, 0.2) is 30.3 Å². The van der Waals surface area contributed by atoms with Crippen LogP contribution in [0.5, 0.6) is 0 Å². The van der Waals surface area contributed by atoms with Gasteiger partial charge in [-0.1, -0.05) is 18.2 Å². The minimum absolute atomic E-state index is 0.0814. The maximum absolute atomic E-state index is 9.49. The van der Waals surface area contributed by atoms with Crippen LogP contribution in [0.2, 0.25) is 0 Å². The summed E-state index contributed by atoms with van der Waals surface area (Å²) in [5, 5.41) is 9.49. The summed E-state index contributed by atoms with van der Waals surface area (Å²) >= 11 is 0. The molecule has 0 N–H and O–H groups in total. The minimum Gasteiger partial charge on any atom is -0.352 e. The van der Waals surface area contributed by atoms with E-state index in [2.05, 4.69) is 59.7 Å². The Morgan fingerprint density at radius 2 is 1.83 bits per heavy atom. The van der Waals surface area contributed by atoms with Crippen molar-refractivity contribution in [2.24, 2.45) is 0 Å². The molecule has 3 rings (SSSR count). The third-order valence-electron chi connectivity index (χ3n) is 4.55. The van der Waals surface area contributed by atoms with E-state index in [1.54, 1.807) is 6.07 Å². The lowest BCUT2D eigenvalue weighted by atomic mass is 10.1. The van der Waals surface area contributed by atoms with Crippen LogP contribution < -0.4 is 9.80 Å². The van der Waals surface area contributed by atoms with Gasteiger partial charge in [0.25, 0.3) is 0 Å². The largest absolute Gasteiger partial charge is 0.352 e. The molecule has 0 aromatic heterocycles. The summed E-state index contributed by atoms with van der Waals surface area (Å²) < 4.78 is 0. The Morgan fingerprint density at radius 1 is 1.17 bits per heavy atom. The van der Waals surface area contributed by atoms with Gasteiger partial charge in [0.1, 0.15) is 12.2 Å². The molecule has 0 radical (unpaired) electrons. The lowest BCUT2D eigenvalue weighted by molar-refractivity contribution is 0.731. The highest BCUT2D eigenvalue weighted by atomic mass is 15.4. The average molecular weight is 302 g/mol. The van der Waals surface area contributed by atoms with Gasteiger partial charge in [-0.05, 0) is 44.0 Å². The van der Waals surface area contributed by atoms with E-state index in [1.165, 1.54) is 11.1 Å². The molecule has 0 saturated heterocycles. The topological polar surface area (TPSA) is 34.6 Å². The van der Waals surface area contributed by atoms with Gasteiger partial charge in [-0.3, -0.25) is 0 Å². The summed E-state index contributed by atoms with van der Waals surface area (Å²) in [5.74, 6) is 0. The lowest BCUT2D eigenvalue weighted by Crippen LogP contribution is -2.36. The van der Waals surface area contributed by atoms with Crippen molar-refractivity contribution in [2.45, 2.75) is 26.9 Å². The van der Waals surface area contributed by atoms with Crippen molar-refractivity contribution < 1.29 is 0 Å². The van der Waals surface area contributed by atoms with Crippen molar-refractivity contribution in [2.75, 3.05) is 16.8 Å². The summed E-state index contributed by atoms with van der Waals surface area (Å²) in [4.78, 5) is 7.87. The molecule has 0 bridgehead atoms. The molecular weight excluding hydrogens is 284 g/mol. The van der Waals surface area contributed by atoms with Crippen LogP contribution in [0, 0.1) is 31.8 Å². The molecular formula is C19H18N4. The number of para-hydroxylation sites is 1. The van der Waals surface area contributed by atoms with Crippen LogP contribution in [0.3, 0.4) is 0 Å². The molecule has 114 valence electrons. The Labute approximate surface area is 137 Å². The molecule has 1 heterocycles. The highest BCUT2D eigenvalue weighted by molar-refractivity contribution is 5.91. The molecule has 4 nitrogen and oxygen atoms in total. The molecule has 0 fully saturated rings. The van der Waals surface area contributed by atoms with Crippen molar-refractivity contribution in [1.82, 2.24) is 0 Å². The first-order chi connectivity index (χ1) is 11.0. The zero-order valence-electron chi connectivity index (χ0n) is 13.8. The number of hydrogen-bond donors (Lipinski definition) is 0. The monoisotopic (exact) mass is 302 g/mol. The Morgan fingerprint density at radius 3 is 2.39 bits per heavy atom. The molecule has 2 aromatic carbocycles. The van der Waals surface area contributed by atoms with E-state index in [4.69, 9.17) is 6.57 Å². The second-order valence-corrected chi connectivity index (χ2v) is 5.94. The summed E-state index contributed by atoms with van der Waals surface area (Å²) in [6, 6.07) is 12.0. The number of aryl methyl sites for hydroxylation is 2. The van der Waals surface area contributed by atoms with Crippen LogP contribution in [0.25, 0.3) is 4.85 Å². The molecule has 0 saturated carbocycles. The lowest BCUT2D eigenvalue weighted by Gasteiger charge is -2.30. The van der Waals surface area contributed by atoms with Gasteiger partial charge in [0.15, 0.2) is 5.69 Å². The molecule has 1 aliphatic rings. The molecule has 1 aliphatic heterocycles. The van der Waals surface area contributed by atoms with Crippen molar-refractivity contribution in [3.63, 3.8) is 0 Å². The summed E-state index contributed by atoms with van der Waals surface area (Å²) in [6.45, 7) is 13.6. The van der Waals surface area contributed by atoms with Gasteiger partial charge in [0.05, 0.1) is 23.5 Å². The number of anilines is 3. The van der Waals surface area contributed by atoms with Gasteiger partial charge in [0, 0.05) is 12.7 Å². The fraction of sp³-hybridized carbons (Fsp3) is 0.263. The Bertz CT molecular complexity index is 850. The van der Waals surface area contributed by atoms with Crippen molar-refractivity contribution in [1.29, 1.82) is 5.26 Å². The molecule has 0 unspecified atom stereocenters. The van der Waals surface area contributed by atoms with E-state index in [0.29, 0.717) is 11.3 Å². The number of benzene rings is 2. The van der Waals surface area contributed by atoms with Crippen molar-refractivity contribution >= 4 is 22.7 Å². The van der Waals surface area contributed by atoms with Gasteiger partial charge in [0.2, 0.25) is 0 Å². The van der Waals surface area contributed by atoms with Gasteiger partial charge in [-0.25, -0.2) is 4.85 Å². The van der Waals surface area contributed by atoms with Crippen LogP contribution in [0.4, 0.5) is 22.7 Å². The van der Waals surface area contributed by atoms with E-state index < -0.39 is 0 Å². The normalized spacial score (nSPS) is 16.0. The third-order valence-corrected chi connectivity index (χ3v) is 4.55. The third kappa shape index (κ3) is 2.12. The van der Waals surface area contributed by atoms with Crippen molar-refractivity contribution in [3.05, 3.63) is 58.4 Å². The number of hydrogen-bond acceptors (Lipinski definition) is 3. The maximum Gasteiger partial charge on any atom is 0.190 e. The summed E-state index contributed by atoms with van der Waals surface area (Å²) in [6.07, 6.45) is 0.0814. The first kappa shape index (κ1) is 14.9. The number of nitriles is 1. The highest BCUT2D eigenvalue weighted by Crippen LogP contribution is 2.48. The average Bonchev–Trinajstić information content (AvgIpc) is 2.79. The summed E-state index contributed by atoms with van der Waals surface area (Å²) in [7, 11) is 2.00. The Kier molecular flexibility index (Phi) is 3.47. The quantitative estimate of drug-likeness (QED) is 0.719. The molecule has 4 heteroatoms. The van der Waals surface area contributed by atoms with E-state index in [1.807, 2.05) is 13.1 Å². The van der Waals surface area contributed by atoms with E-state index in [9.17, 15) is 5.26 Å². The summed E-state index contributed by atoms with van der Waals surface area (Å²) in [5.41, 5.74) is 6.40. The van der Waals surface area contributed by atoms with E-state index >= 15 is 0 Å². The van der Waals surface area contributed by atoms with Crippen LogP contribution >= 0.6 is 0 Å². The fourth-order valence-electron chi connectivity index (χ4n) is 3.36. The number of fused-ring (bicyclic) bond motifs is 1. The highest BCUT2D eigenvalue weighted by Gasteiger charge is 2.35. The van der Waals surface area contributed by atoms with Crippen LogP contribution in [-0.2, 0) is 0 Å². The second kappa shape index (κ2) is 5.34. The van der Waals surface area contributed by atoms with Crippen molar-refractivity contribution in [3.8, 4) is 6.07 Å². The minimum atomic E-state index is 0.0814. The zero-order valence-corrected chi connectivity index (χ0v) is 13.8. The van der Waals surface area contributed by atoms with Crippen LogP contribution in [0.1, 0.15) is 23.6 Å². The van der Waals surface area contributed by atoms with Gasteiger partial charge in [-0.15, -0.1) is 0 Å². The first-order valence-electron chi connectivity index (χ1n) is 7.53. The number of rotatable bonds is 1.